The summed E-state index contributed by atoms with van der Waals surface area (Å²) < 4.78 is 22.8. The van der Waals surface area contributed by atoms with E-state index < -0.39 is 9.84 Å². The summed E-state index contributed by atoms with van der Waals surface area (Å²) in [6, 6.07) is 9.64. The number of carbonyl (C=O) groups is 1. The monoisotopic (exact) mass is 567 g/mol. The Kier molecular flexibility index (Phi) is 11.4. The van der Waals surface area contributed by atoms with E-state index in [1.165, 1.54) is 17.3 Å². The number of amides is 1. The van der Waals surface area contributed by atoms with Crippen molar-refractivity contribution in [3.05, 3.63) is 70.7 Å². The van der Waals surface area contributed by atoms with Crippen LogP contribution in [-0.2, 0) is 22.8 Å². The number of aromatic nitrogens is 3. The Labute approximate surface area is 237 Å². The van der Waals surface area contributed by atoms with Crippen molar-refractivity contribution < 1.29 is 13.2 Å². The van der Waals surface area contributed by atoms with Crippen molar-refractivity contribution in [1.29, 1.82) is 0 Å². The Hall–Kier alpha value is -3.57. The van der Waals surface area contributed by atoms with Crippen molar-refractivity contribution in [2.75, 3.05) is 29.3 Å². The standard InChI is InChI=1S/C29H41N7O3S/c1-6-8-24(10-12-31-28(37)23-9-11-30-27(16-23)34-19-40(5,38)39)32-18-26-22(7-2)17-33-29(36-26)35-25-14-20(3)13-21(4)15-25/h9,11,13-17,24,32H,6-8,10,12,18-19H2,1-5H3,(H,30,34)(H,31,37)(H,33,35,36). The van der Waals surface area contributed by atoms with Gasteiger partial charge < -0.3 is 21.3 Å². The van der Waals surface area contributed by atoms with E-state index in [4.69, 9.17) is 4.98 Å². The van der Waals surface area contributed by atoms with Gasteiger partial charge in [0.2, 0.25) is 5.95 Å². The van der Waals surface area contributed by atoms with Gasteiger partial charge in [0.15, 0.2) is 9.84 Å². The first-order valence-electron chi connectivity index (χ1n) is 13.7. The molecule has 1 aromatic carbocycles. The number of nitrogens with zero attached hydrogens (tertiary/aromatic N) is 3. The molecule has 11 heteroatoms. The number of hydrogen-bond donors (Lipinski definition) is 4. The molecule has 10 nitrogen and oxygen atoms in total. The van der Waals surface area contributed by atoms with Crippen molar-refractivity contribution in [1.82, 2.24) is 25.6 Å². The lowest BCUT2D eigenvalue weighted by atomic mass is 10.1. The Balaban J connectivity index is 1.57. The zero-order valence-electron chi connectivity index (χ0n) is 24.0. The first kappa shape index (κ1) is 31.0. The molecule has 3 rings (SSSR count). The first-order chi connectivity index (χ1) is 19.1. The van der Waals surface area contributed by atoms with Crippen molar-refractivity contribution in [3.8, 4) is 0 Å². The molecule has 0 aliphatic rings. The lowest BCUT2D eigenvalue weighted by Gasteiger charge is -2.19. The fourth-order valence-corrected chi connectivity index (χ4v) is 4.81. The molecule has 0 aliphatic carbocycles. The molecule has 40 heavy (non-hydrogen) atoms. The van der Waals surface area contributed by atoms with Crippen LogP contribution >= 0.6 is 0 Å². The van der Waals surface area contributed by atoms with Gasteiger partial charge >= 0.3 is 0 Å². The molecular formula is C29H41N7O3S. The second-order valence-corrected chi connectivity index (χ2v) is 12.2. The fraction of sp³-hybridized carbons (Fsp3) is 0.448. The molecule has 1 unspecified atom stereocenters. The normalized spacial score (nSPS) is 12.1. The molecule has 0 aliphatic heterocycles. The minimum Gasteiger partial charge on any atom is -0.356 e. The third-order valence-corrected chi connectivity index (χ3v) is 6.99. The second-order valence-electron chi connectivity index (χ2n) is 10.1. The number of pyridine rings is 1. The third-order valence-electron chi connectivity index (χ3n) is 6.32. The molecule has 2 heterocycles. The highest BCUT2D eigenvalue weighted by Crippen LogP contribution is 2.19. The number of rotatable bonds is 15. The molecule has 1 atom stereocenters. The number of sulfone groups is 1. The number of aryl methyl sites for hydroxylation is 3. The van der Waals surface area contributed by atoms with Gasteiger partial charge in [-0.2, -0.15) is 0 Å². The van der Waals surface area contributed by atoms with E-state index >= 15 is 0 Å². The van der Waals surface area contributed by atoms with E-state index in [-0.39, 0.29) is 17.8 Å². The van der Waals surface area contributed by atoms with Crippen LogP contribution in [-0.4, -0.2) is 54.0 Å². The summed E-state index contributed by atoms with van der Waals surface area (Å²) in [6.45, 7) is 9.47. The molecule has 0 fully saturated rings. The lowest BCUT2D eigenvalue weighted by molar-refractivity contribution is 0.0952. The smallest absolute Gasteiger partial charge is 0.251 e. The molecule has 0 bridgehead atoms. The number of benzene rings is 1. The van der Waals surface area contributed by atoms with Gasteiger partial charge in [-0.25, -0.2) is 23.4 Å². The summed E-state index contributed by atoms with van der Waals surface area (Å²) >= 11 is 0. The molecule has 2 aromatic heterocycles. The predicted octanol–water partition coefficient (Wildman–Crippen LogP) is 4.29. The fourth-order valence-electron chi connectivity index (χ4n) is 4.40. The molecule has 4 N–H and O–H groups in total. The van der Waals surface area contributed by atoms with Gasteiger partial charge in [-0.15, -0.1) is 0 Å². The number of carbonyl (C=O) groups excluding carboxylic acids is 1. The second kappa shape index (κ2) is 14.7. The largest absolute Gasteiger partial charge is 0.356 e. The number of anilines is 3. The van der Waals surface area contributed by atoms with Crippen LogP contribution < -0.4 is 21.3 Å². The van der Waals surface area contributed by atoms with E-state index in [2.05, 4.69) is 77.1 Å². The van der Waals surface area contributed by atoms with E-state index in [0.29, 0.717) is 30.4 Å². The maximum absolute atomic E-state index is 12.7. The predicted molar refractivity (Wildman–Crippen MR) is 161 cm³/mol. The van der Waals surface area contributed by atoms with Crippen LogP contribution in [0, 0.1) is 13.8 Å². The Bertz CT molecular complexity index is 1380. The highest BCUT2D eigenvalue weighted by atomic mass is 32.2. The van der Waals surface area contributed by atoms with Crippen molar-refractivity contribution in [2.45, 2.75) is 66.0 Å². The van der Waals surface area contributed by atoms with E-state index in [1.54, 1.807) is 12.1 Å². The number of nitrogens with one attached hydrogen (secondary N) is 4. The number of hydrogen-bond acceptors (Lipinski definition) is 9. The van der Waals surface area contributed by atoms with E-state index in [9.17, 15) is 13.2 Å². The SMILES string of the molecule is CCCC(CCNC(=O)c1ccnc(NCS(C)(=O)=O)c1)NCc1nc(Nc2cc(C)cc(C)c2)ncc1CC. The van der Waals surface area contributed by atoms with Crippen LogP contribution in [0.5, 0.6) is 0 Å². The van der Waals surface area contributed by atoms with Gasteiger partial charge in [0, 0.05) is 49.0 Å². The minimum atomic E-state index is -3.20. The quantitative estimate of drug-likeness (QED) is 0.212. The average molecular weight is 568 g/mol. The van der Waals surface area contributed by atoms with E-state index in [1.807, 2.05) is 6.20 Å². The zero-order valence-corrected chi connectivity index (χ0v) is 24.9. The van der Waals surface area contributed by atoms with Gasteiger partial charge in [0.05, 0.1) is 5.69 Å². The van der Waals surface area contributed by atoms with Crippen molar-refractivity contribution >= 4 is 33.2 Å². The molecule has 0 saturated carbocycles. The van der Waals surface area contributed by atoms with Crippen LogP contribution in [0.3, 0.4) is 0 Å². The molecular weight excluding hydrogens is 526 g/mol. The van der Waals surface area contributed by atoms with Crippen LogP contribution in [0.4, 0.5) is 17.5 Å². The van der Waals surface area contributed by atoms with Gasteiger partial charge in [0.1, 0.15) is 11.7 Å². The van der Waals surface area contributed by atoms with Gasteiger partial charge in [-0.05, 0) is 74.1 Å². The van der Waals surface area contributed by atoms with Gasteiger partial charge in [-0.3, -0.25) is 4.79 Å². The molecule has 3 aromatic rings. The summed E-state index contributed by atoms with van der Waals surface area (Å²) in [5, 5.41) is 12.7. The van der Waals surface area contributed by atoms with Gasteiger partial charge in [0.25, 0.3) is 5.91 Å². The highest BCUT2D eigenvalue weighted by Gasteiger charge is 2.13. The Morgan fingerprint density at radius 3 is 2.45 bits per heavy atom. The summed E-state index contributed by atoms with van der Waals surface area (Å²) in [6.07, 6.45) is 8.06. The Morgan fingerprint density at radius 2 is 1.77 bits per heavy atom. The topological polar surface area (TPSA) is 138 Å². The summed E-state index contributed by atoms with van der Waals surface area (Å²) in [7, 11) is -3.20. The molecule has 216 valence electrons. The minimum absolute atomic E-state index is 0.199. The third kappa shape index (κ3) is 10.2. The Morgan fingerprint density at radius 1 is 1.02 bits per heavy atom. The lowest BCUT2D eigenvalue weighted by Crippen LogP contribution is -2.34. The maximum atomic E-state index is 12.7. The maximum Gasteiger partial charge on any atom is 0.251 e. The van der Waals surface area contributed by atoms with Crippen LogP contribution in [0.1, 0.15) is 65.9 Å². The highest BCUT2D eigenvalue weighted by molar-refractivity contribution is 7.90. The van der Waals surface area contributed by atoms with Gasteiger partial charge in [-0.1, -0.05) is 26.3 Å². The average Bonchev–Trinajstić information content (AvgIpc) is 2.90. The molecule has 0 saturated heterocycles. The first-order valence-corrected chi connectivity index (χ1v) is 15.7. The summed E-state index contributed by atoms with van der Waals surface area (Å²) in [5.41, 5.74) is 5.80. The van der Waals surface area contributed by atoms with E-state index in [0.717, 1.165) is 48.9 Å². The van der Waals surface area contributed by atoms with Crippen LogP contribution in [0.2, 0.25) is 0 Å². The van der Waals surface area contributed by atoms with Crippen LogP contribution in [0.25, 0.3) is 0 Å². The molecule has 0 spiro atoms. The summed E-state index contributed by atoms with van der Waals surface area (Å²) in [4.78, 5) is 26.1. The summed E-state index contributed by atoms with van der Waals surface area (Å²) in [5.74, 6) is 0.434. The molecule has 1 amide bonds. The molecule has 0 radical (unpaired) electrons. The van der Waals surface area contributed by atoms with Crippen LogP contribution in [0.15, 0.2) is 42.7 Å². The van der Waals surface area contributed by atoms with Crippen molar-refractivity contribution in [2.24, 2.45) is 0 Å². The van der Waals surface area contributed by atoms with Crippen molar-refractivity contribution in [3.63, 3.8) is 0 Å². The zero-order chi connectivity index (χ0) is 29.1.